The van der Waals surface area contributed by atoms with E-state index in [1.807, 2.05) is 25.1 Å². The summed E-state index contributed by atoms with van der Waals surface area (Å²) in [4.78, 5) is 8.28. The molecule has 2 rings (SSSR count). The van der Waals surface area contributed by atoms with Crippen molar-refractivity contribution in [3.05, 3.63) is 40.1 Å². The molecular formula is C12H13BrN4O. The molecule has 0 aliphatic rings. The summed E-state index contributed by atoms with van der Waals surface area (Å²) in [5.74, 6) is 7.61. The Morgan fingerprint density at radius 1 is 1.22 bits per heavy atom. The second-order valence-electron chi connectivity index (χ2n) is 3.80. The van der Waals surface area contributed by atoms with Crippen LogP contribution >= 0.6 is 15.9 Å². The Balaban J connectivity index is 2.27. The van der Waals surface area contributed by atoms with Gasteiger partial charge in [0, 0.05) is 10.5 Å². The van der Waals surface area contributed by atoms with Crippen LogP contribution in [0.15, 0.2) is 28.7 Å². The largest absolute Gasteiger partial charge is 0.439 e. The number of rotatable bonds is 3. The van der Waals surface area contributed by atoms with Crippen molar-refractivity contribution in [2.75, 3.05) is 5.43 Å². The van der Waals surface area contributed by atoms with Crippen LogP contribution in [0, 0.1) is 13.8 Å². The van der Waals surface area contributed by atoms with E-state index in [1.54, 1.807) is 13.0 Å². The summed E-state index contributed by atoms with van der Waals surface area (Å²) < 4.78 is 6.71. The number of hydrogen-bond acceptors (Lipinski definition) is 5. The van der Waals surface area contributed by atoms with E-state index in [0.717, 1.165) is 15.8 Å². The van der Waals surface area contributed by atoms with Crippen LogP contribution in [0.3, 0.4) is 0 Å². The van der Waals surface area contributed by atoms with Crippen LogP contribution in [0.5, 0.6) is 11.6 Å². The van der Waals surface area contributed by atoms with Crippen LogP contribution in [-0.4, -0.2) is 9.97 Å². The maximum Gasteiger partial charge on any atom is 0.224 e. The van der Waals surface area contributed by atoms with E-state index >= 15 is 0 Å². The van der Waals surface area contributed by atoms with Crippen LogP contribution in [0.25, 0.3) is 0 Å². The Labute approximate surface area is 113 Å². The second-order valence-corrected chi connectivity index (χ2v) is 4.65. The lowest BCUT2D eigenvalue weighted by Crippen LogP contribution is -2.09. The molecule has 0 amide bonds. The normalized spacial score (nSPS) is 10.2. The maximum absolute atomic E-state index is 5.67. The Bertz CT molecular complexity index is 574. The first-order chi connectivity index (χ1) is 8.58. The Morgan fingerprint density at radius 3 is 2.67 bits per heavy atom. The van der Waals surface area contributed by atoms with Crippen LogP contribution in [0.1, 0.15) is 11.4 Å². The van der Waals surface area contributed by atoms with E-state index in [-0.39, 0.29) is 0 Å². The van der Waals surface area contributed by atoms with E-state index < -0.39 is 0 Å². The fraction of sp³-hybridized carbons (Fsp3) is 0.167. The van der Waals surface area contributed by atoms with Crippen molar-refractivity contribution in [2.24, 2.45) is 5.84 Å². The average molecular weight is 309 g/mol. The van der Waals surface area contributed by atoms with Gasteiger partial charge in [-0.25, -0.2) is 10.8 Å². The lowest BCUT2D eigenvalue weighted by atomic mass is 10.2. The first kappa shape index (κ1) is 12.8. The van der Waals surface area contributed by atoms with E-state index in [2.05, 4.69) is 31.3 Å². The number of hydrogen-bond donors (Lipinski definition) is 2. The van der Waals surface area contributed by atoms with Crippen molar-refractivity contribution in [3.8, 4) is 11.6 Å². The molecule has 0 spiro atoms. The van der Waals surface area contributed by atoms with Gasteiger partial charge in [-0.1, -0.05) is 15.9 Å². The van der Waals surface area contributed by atoms with Gasteiger partial charge in [0.2, 0.25) is 5.88 Å². The third-order valence-corrected chi connectivity index (χ3v) is 3.20. The molecule has 1 aromatic heterocycles. The minimum absolute atomic E-state index is 0.456. The summed E-state index contributed by atoms with van der Waals surface area (Å²) in [5.41, 5.74) is 3.57. The summed E-state index contributed by atoms with van der Waals surface area (Å²) in [6.07, 6.45) is 0. The molecule has 0 aliphatic carbocycles. The van der Waals surface area contributed by atoms with Gasteiger partial charge in [-0.2, -0.15) is 4.98 Å². The number of nitrogens with two attached hydrogens (primary N) is 1. The fourth-order valence-electron chi connectivity index (χ4n) is 1.47. The van der Waals surface area contributed by atoms with Gasteiger partial charge in [0.1, 0.15) is 17.4 Å². The zero-order valence-corrected chi connectivity index (χ0v) is 11.7. The number of aromatic nitrogens is 2. The minimum Gasteiger partial charge on any atom is -0.439 e. The van der Waals surface area contributed by atoms with Crippen molar-refractivity contribution in [1.82, 2.24) is 9.97 Å². The van der Waals surface area contributed by atoms with Gasteiger partial charge in [0.15, 0.2) is 0 Å². The number of nitrogens with one attached hydrogen (secondary N) is 1. The smallest absolute Gasteiger partial charge is 0.224 e. The highest BCUT2D eigenvalue weighted by Gasteiger charge is 2.04. The van der Waals surface area contributed by atoms with Gasteiger partial charge in [-0.05, 0) is 37.6 Å². The number of aryl methyl sites for hydroxylation is 2. The highest BCUT2D eigenvalue weighted by atomic mass is 79.9. The third-order valence-electron chi connectivity index (χ3n) is 2.31. The molecule has 0 unspecified atom stereocenters. The van der Waals surface area contributed by atoms with Crippen molar-refractivity contribution in [2.45, 2.75) is 13.8 Å². The first-order valence-corrected chi connectivity index (χ1v) is 6.14. The van der Waals surface area contributed by atoms with Crippen LogP contribution in [0.2, 0.25) is 0 Å². The lowest BCUT2D eigenvalue weighted by molar-refractivity contribution is 0.459. The van der Waals surface area contributed by atoms with Crippen molar-refractivity contribution >= 4 is 21.7 Å². The molecule has 6 heteroatoms. The third kappa shape index (κ3) is 2.96. The van der Waals surface area contributed by atoms with Crippen molar-refractivity contribution in [1.29, 1.82) is 0 Å². The van der Waals surface area contributed by atoms with Gasteiger partial charge >= 0.3 is 0 Å². The molecule has 1 aromatic carbocycles. The Kier molecular flexibility index (Phi) is 3.78. The molecular weight excluding hydrogens is 296 g/mol. The molecule has 94 valence electrons. The number of halogens is 1. The van der Waals surface area contributed by atoms with E-state index in [4.69, 9.17) is 10.6 Å². The monoisotopic (exact) mass is 308 g/mol. The lowest BCUT2D eigenvalue weighted by Gasteiger charge is -2.08. The number of nitrogens with zero attached hydrogens (tertiary/aromatic N) is 2. The van der Waals surface area contributed by atoms with Crippen LogP contribution in [-0.2, 0) is 0 Å². The molecule has 5 nitrogen and oxygen atoms in total. The molecule has 0 fully saturated rings. The van der Waals surface area contributed by atoms with E-state index in [0.29, 0.717) is 17.5 Å². The molecule has 2 aromatic rings. The van der Waals surface area contributed by atoms with Gasteiger partial charge in [-0.15, -0.1) is 0 Å². The number of anilines is 1. The van der Waals surface area contributed by atoms with Crippen molar-refractivity contribution in [3.63, 3.8) is 0 Å². The molecule has 0 saturated carbocycles. The SMILES string of the molecule is Cc1nc(NN)cc(Oc2ccc(Br)c(C)c2)n1. The van der Waals surface area contributed by atoms with Gasteiger partial charge in [0.05, 0.1) is 0 Å². The number of ether oxygens (including phenoxy) is 1. The summed E-state index contributed by atoms with van der Waals surface area (Å²) in [5, 5.41) is 0. The zero-order chi connectivity index (χ0) is 13.1. The molecule has 0 aliphatic heterocycles. The number of nitrogen functional groups attached to an aromatic ring is 1. The summed E-state index contributed by atoms with van der Waals surface area (Å²) in [7, 11) is 0. The summed E-state index contributed by atoms with van der Waals surface area (Å²) >= 11 is 3.44. The van der Waals surface area contributed by atoms with Crippen LogP contribution < -0.4 is 16.0 Å². The van der Waals surface area contributed by atoms with E-state index in [9.17, 15) is 0 Å². The number of benzene rings is 1. The zero-order valence-electron chi connectivity index (χ0n) is 10.1. The topological polar surface area (TPSA) is 73.1 Å². The fourth-order valence-corrected chi connectivity index (χ4v) is 1.71. The quantitative estimate of drug-likeness (QED) is 0.673. The first-order valence-electron chi connectivity index (χ1n) is 5.35. The van der Waals surface area contributed by atoms with E-state index in [1.165, 1.54) is 0 Å². The molecule has 1 heterocycles. The van der Waals surface area contributed by atoms with Crippen molar-refractivity contribution < 1.29 is 4.74 Å². The minimum atomic E-state index is 0.456. The van der Waals surface area contributed by atoms with Gasteiger partial charge in [-0.3, -0.25) is 0 Å². The highest BCUT2D eigenvalue weighted by molar-refractivity contribution is 9.10. The molecule has 0 radical (unpaired) electrons. The van der Waals surface area contributed by atoms with Crippen LogP contribution in [0.4, 0.5) is 5.82 Å². The van der Waals surface area contributed by atoms with Gasteiger partial charge in [0.25, 0.3) is 0 Å². The highest BCUT2D eigenvalue weighted by Crippen LogP contribution is 2.25. The Morgan fingerprint density at radius 2 is 2.00 bits per heavy atom. The maximum atomic E-state index is 5.67. The Hall–Kier alpha value is -1.66. The molecule has 18 heavy (non-hydrogen) atoms. The molecule has 0 bridgehead atoms. The van der Waals surface area contributed by atoms with Gasteiger partial charge < -0.3 is 10.2 Å². The standard InChI is InChI=1S/C12H13BrN4O/c1-7-5-9(3-4-10(7)13)18-12-6-11(17-14)15-8(2)16-12/h3-6H,14H2,1-2H3,(H,15,16,17). The summed E-state index contributed by atoms with van der Waals surface area (Å²) in [6, 6.07) is 7.37. The molecule has 0 atom stereocenters. The molecule has 3 N–H and O–H groups in total. The second kappa shape index (κ2) is 5.32. The number of hydrazine groups is 1. The predicted molar refractivity (Wildman–Crippen MR) is 73.5 cm³/mol. The predicted octanol–water partition coefficient (Wildman–Crippen LogP) is 2.93. The average Bonchev–Trinajstić information content (AvgIpc) is 2.33. The summed E-state index contributed by atoms with van der Waals surface area (Å²) in [6.45, 7) is 3.77. The molecule has 0 saturated heterocycles.